The number of aromatic nitrogens is 2. The molecule has 0 amide bonds. The highest BCUT2D eigenvalue weighted by Crippen LogP contribution is 2.21. The third-order valence-corrected chi connectivity index (χ3v) is 3.36. The highest BCUT2D eigenvalue weighted by Gasteiger charge is 2.17. The van der Waals surface area contributed by atoms with Gasteiger partial charge >= 0.3 is 5.97 Å². The molecule has 0 saturated carbocycles. The summed E-state index contributed by atoms with van der Waals surface area (Å²) in [7, 11) is 0. The molecule has 1 fully saturated rings. The fourth-order valence-corrected chi connectivity index (χ4v) is 2.14. The van der Waals surface area contributed by atoms with Crippen LogP contribution in [0.2, 0.25) is 0 Å². The van der Waals surface area contributed by atoms with Crippen LogP contribution in [0.4, 0.5) is 5.82 Å². The monoisotopic (exact) mass is 249 g/mol. The zero-order valence-electron chi connectivity index (χ0n) is 10.7. The standard InChI is InChI=1S/C13H19N3O2/c1-10-5-8-16(9-6-10)12-4-7-14-11(15-12)2-3-13(17)18/h4,7,10H,2-3,5-6,8-9H2,1H3,(H,17,18). The molecule has 5 heteroatoms. The molecular formula is C13H19N3O2. The van der Waals surface area contributed by atoms with Gasteiger partial charge in [-0.3, -0.25) is 4.79 Å². The van der Waals surface area contributed by atoms with E-state index in [1.54, 1.807) is 6.20 Å². The number of piperidine rings is 1. The molecule has 0 unspecified atom stereocenters. The summed E-state index contributed by atoms with van der Waals surface area (Å²) in [5.41, 5.74) is 0. The molecule has 18 heavy (non-hydrogen) atoms. The number of carboxylic acid groups (broad SMARTS) is 1. The average Bonchev–Trinajstić information content (AvgIpc) is 2.37. The molecule has 0 aromatic carbocycles. The molecule has 0 radical (unpaired) electrons. The van der Waals surface area contributed by atoms with Crippen molar-refractivity contribution < 1.29 is 9.90 Å². The Morgan fingerprint density at radius 1 is 1.50 bits per heavy atom. The van der Waals surface area contributed by atoms with Gasteiger partial charge in [0.1, 0.15) is 11.6 Å². The maximum Gasteiger partial charge on any atom is 0.303 e. The minimum Gasteiger partial charge on any atom is -0.481 e. The normalized spacial score (nSPS) is 16.8. The van der Waals surface area contributed by atoms with Crippen molar-refractivity contribution in [2.75, 3.05) is 18.0 Å². The van der Waals surface area contributed by atoms with Crippen molar-refractivity contribution >= 4 is 11.8 Å². The number of hydrogen-bond donors (Lipinski definition) is 1. The maximum atomic E-state index is 10.5. The highest BCUT2D eigenvalue weighted by molar-refractivity contribution is 5.66. The van der Waals surface area contributed by atoms with Gasteiger partial charge in [-0.15, -0.1) is 0 Å². The lowest BCUT2D eigenvalue weighted by Gasteiger charge is -2.31. The van der Waals surface area contributed by atoms with Crippen LogP contribution in [0.5, 0.6) is 0 Å². The van der Waals surface area contributed by atoms with Gasteiger partial charge in [-0.2, -0.15) is 0 Å². The van der Waals surface area contributed by atoms with Crippen LogP contribution in [-0.4, -0.2) is 34.1 Å². The predicted octanol–water partition coefficient (Wildman–Crippen LogP) is 1.73. The van der Waals surface area contributed by atoms with E-state index in [0.717, 1.165) is 24.8 Å². The van der Waals surface area contributed by atoms with Gasteiger partial charge in [-0.25, -0.2) is 9.97 Å². The number of nitrogens with zero attached hydrogens (tertiary/aromatic N) is 3. The lowest BCUT2D eigenvalue weighted by atomic mass is 9.99. The van der Waals surface area contributed by atoms with Crippen molar-refractivity contribution in [3.8, 4) is 0 Å². The summed E-state index contributed by atoms with van der Waals surface area (Å²) in [6.07, 6.45) is 4.58. The number of anilines is 1. The van der Waals surface area contributed by atoms with Gasteiger partial charge in [-0.1, -0.05) is 6.92 Å². The molecule has 1 aliphatic heterocycles. The molecule has 0 atom stereocenters. The van der Waals surface area contributed by atoms with E-state index >= 15 is 0 Å². The van der Waals surface area contributed by atoms with Crippen molar-refractivity contribution in [3.63, 3.8) is 0 Å². The SMILES string of the molecule is CC1CCN(c2ccnc(CCC(=O)O)n2)CC1. The number of carboxylic acids is 1. The molecule has 0 aliphatic carbocycles. The largest absolute Gasteiger partial charge is 0.481 e. The second kappa shape index (κ2) is 5.80. The van der Waals surface area contributed by atoms with E-state index in [1.807, 2.05) is 6.07 Å². The van der Waals surface area contributed by atoms with Crippen molar-refractivity contribution in [2.24, 2.45) is 5.92 Å². The zero-order valence-corrected chi connectivity index (χ0v) is 10.7. The summed E-state index contributed by atoms with van der Waals surface area (Å²) in [5, 5.41) is 8.66. The summed E-state index contributed by atoms with van der Waals surface area (Å²) in [6, 6.07) is 1.90. The third kappa shape index (κ3) is 3.42. The van der Waals surface area contributed by atoms with E-state index in [4.69, 9.17) is 5.11 Å². The van der Waals surface area contributed by atoms with Gasteiger partial charge in [0.25, 0.3) is 0 Å². The summed E-state index contributed by atoms with van der Waals surface area (Å²) in [4.78, 5) is 21.4. The number of carbonyl (C=O) groups is 1. The van der Waals surface area contributed by atoms with Crippen LogP contribution in [0.3, 0.4) is 0 Å². The molecular weight excluding hydrogens is 230 g/mol. The summed E-state index contributed by atoms with van der Waals surface area (Å²) in [6.45, 7) is 4.32. The van der Waals surface area contributed by atoms with Crippen molar-refractivity contribution in [1.82, 2.24) is 9.97 Å². The average molecular weight is 249 g/mol. The van der Waals surface area contributed by atoms with Crippen LogP contribution >= 0.6 is 0 Å². The van der Waals surface area contributed by atoms with Crippen LogP contribution < -0.4 is 4.90 Å². The van der Waals surface area contributed by atoms with E-state index < -0.39 is 5.97 Å². The number of rotatable bonds is 4. The van der Waals surface area contributed by atoms with Crippen LogP contribution in [0.25, 0.3) is 0 Å². The van der Waals surface area contributed by atoms with Crippen LogP contribution in [0.1, 0.15) is 32.0 Å². The summed E-state index contributed by atoms with van der Waals surface area (Å²) in [5.74, 6) is 1.52. The Balaban J connectivity index is 2.00. The first-order valence-corrected chi connectivity index (χ1v) is 6.44. The van der Waals surface area contributed by atoms with Crippen LogP contribution in [0.15, 0.2) is 12.3 Å². The molecule has 1 aromatic heterocycles. The van der Waals surface area contributed by atoms with Crippen molar-refractivity contribution in [1.29, 1.82) is 0 Å². The third-order valence-electron chi connectivity index (χ3n) is 3.36. The van der Waals surface area contributed by atoms with E-state index in [1.165, 1.54) is 12.8 Å². The first kappa shape index (κ1) is 12.8. The molecule has 0 spiro atoms. The van der Waals surface area contributed by atoms with Gasteiger partial charge < -0.3 is 10.0 Å². The minimum atomic E-state index is -0.809. The molecule has 2 heterocycles. The van der Waals surface area contributed by atoms with Crippen molar-refractivity contribution in [3.05, 3.63) is 18.1 Å². The maximum absolute atomic E-state index is 10.5. The number of aryl methyl sites for hydroxylation is 1. The fraction of sp³-hybridized carbons (Fsp3) is 0.615. The molecule has 1 aromatic rings. The Morgan fingerprint density at radius 2 is 2.22 bits per heavy atom. The molecule has 1 aliphatic rings. The molecule has 5 nitrogen and oxygen atoms in total. The Bertz CT molecular complexity index is 414. The second-order valence-corrected chi connectivity index (χ2v) is 4.89. The van der Waals surface area contributed by atoms with Crippen LogP contribution in [0, 0.1) is 5.92 Å². The van der Waals surface area contributed by atoms with E-state index in [9.17, 15) is 4.79 Å². The second-order valence-electron chi connectivity index (χ2n) is 4.89. The first-order valence-electron chi connectivity index (χ1n) is 6.44. The summed E-state index contributed by atoms with van der Waals surface area (Å²) < 4.78 is 0. The number of hydrogen-bond acceptors (Lipinski definition) is 4. The number of aliphatic carboxylic acids is 1. The predicted molar refractivity (Wildman–Crippen MR) is 68.6 cm³/mol. The molecule has 2 rings (SSSR count). The molecule has 1 N–H and O–H groups in total. The molecule has 1 saturated heterocycles. The van der Waals surface area contributed by atoms with E-state index in [2.05, 4.69) is 21.8 Å². The molecule has 0 bridgehead atoms. The lowest BCUT2D eigenvalue weighted by Crippen LogP contribution is -2.33. The zero-order chi connectivity index (χ0) is 13.0. The van der Waals surface area contributed by atoms with Gasteiger partial charge in [0.05, 0.1) is 6.42 Å². The van der Waals surface area contributed by atoms with Gasteiger partial charge in [-0.05, 0) is 24.8 Å². The van der Waals surface area contributed by atoms with Crippen molar-refractivity contribution in [2.45, 2.75) is 32.6 Å². The van der Waals surface area contributed by atoms with Gasteiger partial charge in [0.2, 0.25) is 0 Å². The smallest absolute Gasteiger partial charge is 0.303 e. The Kier molecular flexibility index (Phi) is 4.12. The van der Waals surface area contributed by atoms with E-state index in [0.29, 0.717) is 12.2 Å². The fourth-order valence-electron chi connectivity index (χ4n) is 2.14. The Labute approximate surface area is 107 Å². The Hall–Kier alpha value is -1.65. The highest BCUT2D eigenvalue weighted by atomic mass is 16.4. The van der Waals surface area contributed by atoms with Crippen LogP contribution in [-0.2, 0) is 11.2 Å². The molecule has 98 valence electrons. The van der Waals surface area contributed by atoms with E-state index in [-0.39, 0.29) is 6.42 Å². The quantitative estimate of drug-likeness (QED) is 0.880. The minimum absolute atomic E-state index is 0.0838. The van der Waals surface area contributed by atoms with Gasteiger partial charge in [0.15, 0.2) is 0 Å². The Morgan fingerprint density at radius 3 is 2.89 bits per heavy atom. The van der Waals surface area contributed by atoms with Gasteiger partial charge in [0, 0.05) is 25.7 Å². The summed E-state index contributed by atoms with van der Waals surface area (Å²) >= 11 is 0. The topological polar surface area (TPSA) is 66.3 Å². The lowest BCUT2D eigenvalue weighted by molar-refractivity contribution is -0.137. The first-order chi connectivity index (χ1) is 8.65.